The van der Waals surface area contributed by atoms with Crippen LogP contribution in [0.2, 0.25) is 0 Å². The van der Waals surface area contributed by atoms with Gasteiger partial charge in [0.2, 0.25) is 0 Å². The van der Waals surface area contributed by atoms with Gasteiger partial charge in [0.15, 0.2) is 12.2 Å². The second kappa shape index (κ2) is 8.42. The van der Waals surface area contributed by atoms with Crippen molar-refractivity contribution in [2.75, 3.05) is 6.54 Å². The van der Waals surface area contributed by atoms with Gasteiger partial charge >= 0.3 is 11.9 Å². The predicted octanol–water partition coefficient (Wildman–Crippen LogP) is 0.128. The van der Waals surface area contributed by atoms with E-state index in [9.17, 15) is 14.0 Å². The fourth-order valence-electron chi connectivity index (χ4n) is 1.96. The summed E-state index contributed by atoms with van der Waals surface area (Å²) in [6, 6.07) is 7.22. The van der Waals surface area contributed by atoms with Gasteiger partial charge in [0.05, 0.1) is 0 Å². The van der Waals surface area contributed by atoms with E-state index in [-0.39, 0.29) is 5.82 Å². The first kappa shape index (κ1) is 18.0. The first-order valence-electron chi connectivity index (χ1n) is 6.63. The highest BCUT2D eigenvalue weighted by molar-refractivity contribution is 5.83. The fourth-order valence-corrected chi connectivity index (χ4v) is 1.96. The summed E-state index contributed by atoms with van der Waals surface area (Å²) >= 11 is 0. The molecule has 3 atom stereocenters. The molecule has 1 fully saturated rings. The zero-order chi connectivity index (χ0) is 16.7. The smallest absolute Gasteiger partial charge is 0.335 e. The van der Waals surface area contributed by atoms with E-state index in [4.69, 9.17) is 20.4 Å². The maximum absolute atomic E-state index is 12.8. The molecule has 1 aromatic rings. The molecule has 1 saturated heterocycles. The number of hydrogen-bond donors (Lipinski definition) is 5. The number of aliphatic hydroxyl groups excluding tert-OH is 2. The molecule has 0 aromatic heterocycles. The number of carbonyl (C=O) groups is 2. The van der Waals surface area contributed by atoms with Crippen LogP contribution in [-0.2, 0) is 9.59 Å². The number of carboxylic acids is 2. The van der Waals surface area contributed by atoms with Crippen molar-refractivity contribution in [1.29, 1.82) is 0 Å². The van der Waals surface area contributed by atoms with E-state index in [1.54, 1.807) is 12.1 Å². The highest BCUT2D eigenvalue weighted by Gasteiger charge is 2.29. The quantitative estimate of drug-likeness (QED) is 0.534. The number of halogens is 1. The molecule has 7 nitrogen and oxygen atoms in total. The number of aliphatic hydroxyl groups is 2. The van der Waals surface area contributed by atoms with Crippen LogP contribution in [0.3, 0.4) is 0 Å². The third-order valence-corrected chi connectivity index (χ3v) is 3.12. The molecule has 122 valence electrons. The Balaban J connectivity index is 0.000000225. The van der Waals surface area contributed by atoms with Gasteiger partial charge in [-0.1, -0.05) is 12.1 Å². The molecule has 1 aliphatic heterocycles. The van der Waals surface area contributed by atoms with Crippen LogP contribution in [-0.4, -0.2) is 51.1 Å². The summed E-state index contributed by atoms with van der Waals surface area (Å²) in [7, 11) is 0. The SMILES string of the molecule is Fc1cccc([C@@H]2CCCN2)c1.O=C(O)[C@@H](O)[C@H](O)C(=O)O. The van der Waals surface area contributed by atoms with Crippen molar-refractivity contribution in [2.45, 2.75) is 31.1 Å². The van der Waals surface area contributed by atoms with Gasteiger partial charge in [0.25, 0.3) is 0 Å². The number of nitrogens with one attached hydrogen (secondary N) is 1. The standard InChI is InChI=1S/C10H12FN.C4H6O6/c11-9-4-1-3-8(7-9)10-5-2-6-12-10;5-1(3(7)8)2(6)4(9)10/h1,3-4,7,10,12H,2,5-6H2;1-2,5-6H,(H,7,8)(H,9,10)/t10-;1-,2-/m00/s1. The number of rotatable bonds is 4. The summed E-state index contributed by atoms with van der Waals surface area (Å²) in [5.41, 5.74) is 1.08. The number of carboxylic acid groups (broad SMARTS) is 2. The summed E-state index contributed by atoms with van der Waals surface area (Å²) in [6.07, 6.45) is -2.21. The number of hydrogen-bond acceptors (Lipinski definition) is 5. The van der Waals surface area contributed by atoms with Gasteiger partial charge in [-0.15, -0.1) is 0 Å². The Morgan fingerprint density at radius 1 is 1.18 bits per heavy atom. The lowest BCUT2D eigenvalue weighted by molar-refractivity contribution is -0.165. The van der Waals surface area contributed by atoms with Crippen LogP contribution in [0.25, 0.3) is 0 Å². The first-order chi connectivity index (χ1) is 10.3. The van der Waals surface area contributed by atoms with Crippen LogP contribution in [0.15, 0.2) is 24.3 Å². The zero-order valence-corrected chi connectivity index (χ0v) is 11.6. The Bertz CT molecular complexity index is 500. The molecule has 0 amide bonds. The van der Waals surface area contributed by atoms with Crippen molar-refractivity contribution in [3.05, 3.63) is 35.6 Å². The average molecular weight is 315 g/mol. The summed E-state index contributed by atoms with van der Waals surface area (Å²) < 4.78 is 12.8. The first-order valence-corrected chi connectivity index (χ1v) is 6.63. The Hall–Kier alpha value is -2.03. The molecule has 0 aliphatic carbocycles. The maximum atomic E-state index is 12.8. The highest BCUT2D eigenvalue weighted by atomic mass is 19.1. The maximum Gasteiger partial charge on any atom is 0.335 e. The number of aliphatic carboxylic acids is 2. The second-order valence-corrected chi connectivity index (χ2v) is 4.77. The van der Waals surface area contributed by atoms with Gasteiger partial charge < -0.3 is 25.7 Å². The summed E-state index contributed by atoms with van der Waals surface area (Å²) in [4.78, 5) is 19.5. The molecular formula is C14H18FNO6. The van der Waals surface area contributed by atoms with Crippen molar-refractivity contribution < 1.29 is 34.4 Å². The van der Waals surface area contributed by atoms with Gasteiger partial charge in [0, 0.05) is 6.04 Å². The van der Waals surface area contributed by atoms with E-state index in [0.717, 1.165) is 18.5 Å². The highest BCUT2D eigenvalue weighted by Crippen LogP contribution is 2.22. The van der Waals surface area contributed by atoms with Crippen LogP contribution < -0.4 is 5.32 Å². The van der Waals surface area contributed by atoms with Crippen LogP contribution >= 0.6 is 0 Å². The van der Waals surface area contributed by atoms with Crippen molar-refractivity contribution in [3.8, 4) is 0 Å². The van der Waals surface area contributed by atoms with Crippen LogP contribution in [0, 0.1) is 5.82 Å². The molecule has 1 aliphatic rings. The molecular weight excluding hydrogens is 297 g/mol. The van der Waals surface area contributed by atoms with Crippen LogP contribution in [0.5, 0.6) is 0 Å². The summed E-state index contributed by atoms with van der Waals surface area (Å²) in [5, 5.41) is 35.9. The van der Waals surface area contributed by atoms with Crippen molar-refractivity contribution in [1.82, 2.24) is 5.32 Å². The fraction of sp³-hybridized carbons (Fsp3) is 0.429. The van der Waals surface area contributed by atoms with Gasteiger partial charge in [-0.3, -0.25) is 0 Å². The lowest BCUT2D eigenvalue weighted by Gasteiger charge is -2.09. The van der Waals surface area contributed by atoms with E-state index in [2.05, 4.69) is 5.32 Å². The van der Waals surface area contributed by atoms with Crippen molar-refractivity contribution in [3.63, 3.8) is 0 Å². The average Bonchev–Trinajstić information content (AvgIpc) is 3.00. The van der Waals surface area contributed by atoms with E-state index in [0.29, 0.717) is 6.04 Å². The molecule has 0 radical (unpaired) electrons. The Kier molecular flexibility index (Phi) is 6.90. The molecule has 1 heterocycles. The monoisotopic (exact) mass is 315 g/mol. The Labute approximate surface area is 126 Å². The molecule has 5 N–H and O–H groups in total. The van der Waals surface area contributed by atoms with E-state index in [1.807, 2.05) is 6.07 Å². The topological polar surface area (TPSA) is 127 Å². The minimum Gasteiger partial charge on any atom is -0.479 e. The predicted molar refractivity (Wildman–Crippen MR) is 73.7 cm³/mol. The molecule has 8 heteroatoms. The molecule has 0 saturated carbocycles. The van der Waals surface area contributed by atoms with Crippen molar-refractivity contribution in [2.24, 2.45) is 0 Å². The summed E-state index contributed by atoms with van der Waals surface area (Å²) in [5.74, 6) is -3.67. The minimum absolute atomic E-state index is 0.138. The molecule has 1 aromatic carbocycles. The van der Waals surface area contributed by atoms with Gasteiger partial charge in [-0.05, 0) is 37.1 Å². The van der Waals surface area contributed by atoms with Gasteiger partial charge in [0.1, 0.15) is 5.82 Å². The van der Waals surface area contributed by atoms with E-state index >= 15 is 0 Å². The molecule has 0 spiro atoms. The lowest BCUT2D eigenvalue weighted by atomic mass is 10.1. The van der Waals surface area contributed by atoms with Crippen molar-refractivity contribution >= 4 is 11.9 Å². The third kappa shape index (κ3) is 5.40. The molecule has 22 heavy (non-hydrogen) atoms. The Morgan fingerprint density at radius 3 is 2.18 bits per heavy atom. The van der Waals surface area contributed by atoms with Crippen LogP contribution in [0.1, 0.15) is 24.4 Å². The van der Waals surface area contributed by atoms with E-state index < -0.39 is 24.1 Å². The van der Waals surface area contributed by atoms with E-state index in [1.165, 1.54) is 12.5 Å². The second-order valence-electron chi connectivity index (χ2n) is 4.77. The van der Waals surface area contributed by atoms with Crippen LogP contribution in [0.4, 0.5) is 4.39 Å². The minimum atomic E-state index is -2.27. The molecule has 2 rings (SSSR count). The molecule has 0 bridgehead atoms. The molecule has 0 unspecified atom stereocenters. The lowest BCUT2D eigenvalue weighted by Crippen LogP contribution is -2.39. The van der Waals surface area contributed by atoms with Gasteiger partial charge in [-0.2, -0.15) is 0 Å². The summed E-state index contributed by atoms with van der Waals surface area (Å²) in [6.45, 7) is 1.06. The zero-order valence-electron chi connectivity index (χ0n) is 11.6. The third-order valence-electron chi connectivity index (χ3n) is 3.12. The normalized spacial score (nSPS) is 19.7. The Morgan fingerprint density at radius 2 is 1.77 bits per heavy atom. The number of benzene rings is 1. The largest absolute Gasteiger partial charge is 0.479 e. The van der Waals surface area contributed by atoms with Gasteiger partial charge in [-0.25, -0.2) is 14.0 Å².